The summed E-state index contributed by atoms with van der Waals surface area (Å²) < 4.78 is 45.1. The molecule has 7 heteroatoms. The van der Waals surface area contributed by atoms with Crippen LogP contribution >= 0.6 is 0 Å². The summed E-state index contributed by atoms with van der Waals surface area (Å²) in [5.74, 6) is 0.0849. The van der Waals surface area contributed by atoms with E-state index in [9.17, 15) is 18.0 Å². The highest BCUT2D eigenvalue weighted by Crippen LogP contribution is 2.34. The van der Waals surface area contributed by atoms with Crippen molar-refractivity contribution in [3.63, 3.8) is 0 Å². The van der Waals surface area contributed by atoms with E-state index in [1.165, 1.54) is 12.1 Å². The topological polar surface area (TPSA) is 41.9 Å². The van der Waals surface area contributed by atoms with Crippen LogP contribution in [-0.4, -0.2) is 11.6 Å². The number of carbonyl (C=O) groups excluding carboxylic acids is 1. The lowest BCUT2D eigenvalue weighted by Crippen LogP contribution is -2.21. The minimum absolute atomic E-state index is 0.0567. The van der Waals surface area contributed by atoms with Crippen LogP contribution in [0.15, 0.2) is 89.5 Å². The number of rotatable bonds is 5. The zero-order valence-corrected chi connectivity index (χ0v) is 17.1. The summed E-state index contributed by atoms with van der Waals surface area (Å²) in [5.41, 5.74) is 1.59. The van der Waals surface area contributed by atoms with E-state index in [-0.39, 0.29) is 11.3 Å². The van der Waals surface area contributed by atoms with E-state index in [2.05, 4.69) is 5.10 Å². The lowest BCUT2D eigenvalue weighted by Gasteiger charge is -2.14. The van der Waals surface area contributed by atoms with Crippen LogP contribution in [0.4, 0.5) is 18.9 Å². The molecule has 0 saturated heterocycles. The van der Waals surface area contributed by atoms with Gasteiger partial charge in [0.15, 0.2) is 0 Å². The van der Waals surface area contributed by atoms with Crippen LogP contribution < -0.4 is 9.75 Å². The van der Waals surface area contributed by atoms with Crippen LogP contribution in [0.3, 0.4) is 0 Å². The molecule has 32 heavy (non-hydrogen) atoms. The lowest BCUT2D eigenvalue weighted by molar-refractivity contribution is -0.137. The number of para-hydroxylation sites is 1. The summed E-state index contributed by atoms with van der Waals surface area (Å²) in [5, 5.41) is 5.18. The molecule has 0 fully saturated rings. The second-order valence-corrected chi connectivity index (χ2v) is 7.22. The fraction of sp³-hybridized carbons (Fsp3) is 0.120. The Morgan fingerprint density at radius 3 is 2.44 bits per heavy atom. The van der Waals surface area contributed by atoms with Gasteiger partial charge in [-0.3, -0.25) is 4.79 Å². The number of hydrazone groups is 1. The molecule has 0 aromatic heterocycles. The van der Waals surface area contributed by atoms with Crippen LogP contribution in [0.5, 0.6) is 5.75 Å². The van der Waals surface area contributed by atoms with Gasteiger partial charge >= 0.3 is 6.18 Å². The smallest absolute Gasteiger partial charge is 0.416 e. The minimum atomic E-state index is -4.51. The summed E-state index contributed by atoms with van der Waals surface area (Å²) in [4.78, 5) is 13.0. The summed E-state index contributed by atoms with van der Waals surface area (Å²) in [7, 11) is 0. The molecule has 0 atom stereocenters. The van der Waals surface area contributed by atoms with Crippen molar-refractivity contribution < 1.29 is 22.7 Å². The van der Waals surface area contributed by atoms with Gasteiger partial charge in [-0.05, 0) is 42.8 Å². The summed E-state index contributed by atoms with van der Waals surface area (Å²) in [6.45, 7) is 2.00. The Morgan fingerprint density at radius 2 is 1.69 bits per heavy atom. The monoisotopic (exact) mass is 436 g/mol. The van der Waals surface area contributed by atoms with Crippen molar-refractivity contribution >= 4 is 23.4 Å². The maximum absolute atomic E-state index is 13.1. The third-order valence-corrected chi connectivity index (χ3v) is 4.94. The van der Waals surface area contributed by atoms with Crippen molar-refractivity contribution in [3.8, 4) is 5.75 Å². The van der Waals surface area contributed by atoms with Gasteiger partial charge < -0.3 is 4.74 Å². The van der Waals surface area contributed by atoms with E-state index >= 15 is 0 Å². The maximum Gasteiger partial charge on any atom is 0.416 e. The molecule has 0 spiro atoms. The first-order valence-electron chi connectivity index (χ1n) is 9.87. The molecule has 0 N–H and O–H groups in total. The molecule has 4 nitrogen and oxygen atoms in total. The van der Waals surface area contributed by atoms with E-state index in [4.69, 9.17) is 4.74 Å². The number of benzene rings is 3. The largest absolute Gasteiger partial charge is 0.488 e. The first-order valence-corrected chi connectivity index (χ1v) is 9.87. The second-order valence-electron chi connectivity index (χ2n) is 7.22. The zero-order chi connectivity index (χ0) is 22.7. The number of amides is 1. The maximum atomic E-state index is 13.1. The van der Waals surface area contributed by atoms with Crippen LogP contribution in [-0.2, 0) is 17.6 Å². The molecule has 162 valence electrons. The van der Waals surface area contributed by atoms with Gasteiger partial charge in [0, 0.05) is 5.56 Å². The van der Waals surface area contributed by atoms with Gasteiger partial charge in [0.25, 0.3) is 5.91 Å². The van der Waals surface area contributed by atoms with Crippen LogP contribution in [0.25, 0.3) is 6.08 Å². The highest BCUT2D eigenvalue weighted by molar-refractivity contribution is 6.32. The molecule has 1 heterocycles. The number of halogens is 3. The number of hydrogen-bond acceptors (Lipinski definition) is 3. The van der Waals surface area contributed by atoms with Gasteiger partial charge in [-0.15, -0.1) is 0 Å². The Morgan fingerprint density at radius 1 is 0.969 bits per heavy atom. The van der Waals surface area contributed by atoms with Crippen molar-refractivity contribution in [1.82, 2.24) is 0 Å². The average molecular weight is 436 g/mol. The highest BCUT2D eigenvalue weighted by Gasteiger charge is 2.33. The molecule has 0 radical (unpaired) electrons. The van der Waals surface area contributed by atoms with Gasteiger partial charge in [0.2, 0.25) is 0 Å². The van der Waals surface area contributed by atoms with Crippen molar-refractivity contribution in [2.75, 3.05) is 5.01 Å². The Hall–Kier alpha value is -3.87. The van der Waals surface area contributed by atoms with E-state index in [0.29, 0.717) is 23.6 Å². The van der Waals surface area contributed by atoms with Gasteiger partial charge in [-0.1, -0.05) is 54.6 Å². The molecule has 1 amide bonds. The van der Waals surface area contributed by atoms with E-state index in [1.807, 2.05) is 42.5 Å². The molecule has 0 saturated carbocycles. The number of alkyl halides is 3. The standard InChI is InChI=1S/C25H19F3N2O2/c1-17-22(24(31)30(29-17)21-12-7-11-20(15-21)25(26,27)28)14-19-10-5-6-13-23(19)32-16-18-8-3-2-4-9-18/h2-15H,16H2,1H3. The Balaban J connectivity index is 1.60. The van der Waals surface area contributed by atoms with Crippen molar-refractivity contribution in [1.29, 1.82) is 0 Å². The molecule has 0 unspecified atom stereocenters. The molecule has 3 aromatic rings. The molecular formula is C25H19F3N2O2. The predicted octanol–water partition coefficient (Wildman–Crippen LogP) is 6.09. The summed E-state index contributed by atoms with van der Waals surface area (Å²) >= 11 is 0. The first kappa shape index (κ1) is 21.4. The molecule has 3 aromatic carbocycles. The molecule has 4 rings (SSSR count). The number of ether oxygens (including phenoxy) is 1. The van der Waals surface area contributed by atoms with Crippen LogP contribution in [0.2, 0.25) is 0 Å². The van der Waals surface area contributed by atoms with Gasteiger partial charge in [-0.25, -0.2) is 0 Å². The average Bonchev–Trinajstić information content (AvgIpc) is 3.07. The van der Waals surface area contributed by atoms with Crippen LogP contribution in [0, 0.1) is 0 Å². The van der Waals surface area contributed by atoms with E-state index in [1.54, 1.807) is 25.1 Å². The number of anilines is 1. The first-order chi connectivity index (χ1) is 15.3. The number of hydrogen-bond donors (Lipinski definition) is 0. The fourth-order valence-corrected chi connectivity index (χ4v) is 3.30. The Bertz CT molecular complexity index is 1200. The molecule has 1 aliphatic rings. The van der Waals surface area contributed by atoms with E-state index in [0.717, 1.165) is 22.7 Å². The highest BCUT2D eigenvalue weighted by atomic mass is 19.4. The second kappa shape index (κ2) is 8.70. The normalized spacial score (nSPS) is 15.2. The lowest BCUT2D eigenvalue weighted by atomic mass is 10.1. The summed E-state index contributed by atoms with van der Waals surface area (Å²) in [6, 6.07) is 21.5. The molecule has 0 aliphatic carbocycles. The predicted molar refractivity (Wildman–Crippen MR) is 117 cm³/mol. The summed E-state index contributed by atoms with van der Waals surface area (Å²) in [6.07, 6.45) is -2.86. The number of nitrogens with zero attached hydrogens (tertiary/aromatic N) is 2. The fourth-order valence-electron chi connectivity index (χ4n) is 3.30. The van der Waals surface area contributed by atoms with E-state index < -0.39 is 17.6 Å². The van der Waals surface area contributed by atoms with Crippen molar-refractivity contribution in [2.45, 2.75) is 19.7 Å². The van der Waals surface area contributed by atoms with Gasteiger partial charge in [-0.2, -0.15) is 23.3 Å². The third-order valence-electron chi connectivity index (χ3n) is 4.94. The van der Waals surface area contributed by atoms with Gasteiger partial charge in [0.1, 0.15) is 12.4 Å². The molecular weight excluding hydrogens is 417 g/mol. The Kier molecular flexibility index (Phi) is 5.81. The molecule has 1 aliphatic heterocycles. The van der Waals surface area contributed by atoms with Gasteiger partial charge in [0.05, 0.1) is 22.5 Å². The zero-order valence-electron chi connectivity index (χ0n) is 17.1. The minimum Gasteiger partial charge on any atom is -0.488 e. The third kappa shape index (κ3) is 4.56. The number of carbonyl (C=O) groups is 1. The SMILES string of the molecule is CC1=NN(c2cccc(C(F)(F)F)c2)C(=O)C1=Cc1ccccc1OCc1ccccc1. The Labute approximate surface area is 183 Å². The van der Waals surface area contributed by atoms with Crippen LogP contribution in [0.1, 0.15) is 23.6 Å². The quantitative estimate of drug-likeness (QED) is 0.454. The van der Waals surface area contributed by atoms with Crippen molar-refractivity contribution in [2.24, 2.45) is 5.10 Å². The van der Waals surface area contributed by atoms with Crippen molar-refractivity contribution in [3.05, 3.63) is 101 Å². The molecule has 0 bridgehead atoms.